The smallest absolute Gasteiger partial charge is 0.255 e. The van der Waals surface area contributed by atoms with Gasteiger partial charge in [-0.1, -0.05) is 17.7 Å². The van der Waals surface area contributed by atoms with Gasteiger partial charge in [0.1, 0.15) is 17.2 Å². The molecule has 6 heteroatoms. The number of anilines is 1. The predicted molar refractivity (Wildman–Crippen MR) is 98.7 cm³/mol. The standard InChI is InChI=1S/C20H13ClN2O3/c21-18-11-15(6-9-19(18)24)23-20(25)14-2-1-3-17(10-14)26-16-7-4-13(12-22)5-8-16/h1-11,24H,(H,23,25). The van der Waals surface area contributed by atoms with Gasteiger partial charge in [-0.25, -0.2) is 0 Å². The number of nitrogens with one attached hydrogen (secondary N) is 1. The number of aromatic hydroxyl groups is 1. The van der Waals surface area contributed by atoms with E-state index in [1.807, 2.05) is 6.07 Å². The summed E-state index contributed by atoms with van der Waals surface area (Å²) >= 11 is 5.84. The average Bonchev–Trinajstić information content (AvgIpc) is 2.65. The summed E-state index contributed by atoms with van der Waals surface area (Å²) in [5, 5.41) is 21.1. The molecule has 0 aliphatic rings. The quantitative estimate of drug-likeness (QED) is 0.641. The van der Waals surface area contributed by atoms with Crippen LogP contribution in [0, 0.1) is 11.3 Å². The first-order valence-corrected chi connectivity index (χ1v) is 8.01. The number of nitriles is 1. The van der Waals surface area contributed by atoms with Crippen LogP contribution in [0.15, 0.2) is 66.7 Å². The highest BCUT2D eigenvalue weighted by Crippen LogP contribution is 2.27. The van der Waals surface area contributed by atoms with Crippen molar-refractivity contribution in [1.29, 1.82) is 5.26 Å². The second-order valence-corrected chi connectivity index (χ2v) is 5.79. The van der Waals surface area contributed by atoms with Crippen LogP contribution in [0.4, 0.5) is 5.69 Å². The first-order valence-electron chi connectivity index (χ1n) is 7.63. The number of phenols is 1. The van der Waals surface area contributed by atoms with Gasteiger partial charge in [-0.05, 0) is 60.7 Å². The molecule has 0 saturated carbocycles. The Bertz CT molecular complexity index is 995. The van der Waals surface area contributed by atoms with E-state index in [0.29, 0.717) is 28.3 Å². The molecular formula is C20H13ClN2O3. The summed E-state index contributed by atoms with van der Waals surface area (Å²) < 4.78 is 5.71. The molecule has 0 atom stereocenters. The van der Waals surface area contributed by atoms with Crippen molar-refractivity contribution >= 4 is 23.2 Å². The Kier molecular flexibility index (Phi) is 5.07. The Labute approximate surface area is 155 Å². The first-order chi connectivity index (χ1) is 12.5. The van der Waals surface area contributed by atoms with Gasteiger partial charge in [-0.3, -0.25) is 4.79 Å². The van der Waals surface area contributed by atoms with Gasteiger partial charge in [0.15, 0.2) is 0 Å². The normalized spacial score (nSPS) is 10.0. The fourth-order valence-electron chi connectivity index (χ4n) is 2.22. The fourth-order valence-corrected chi connectivity index (χ4v) is 2.40. The van der Waals surface area contributed by atoms with Gasteiger partial charge in [0.2, 0.25) is 0 Å². The largest absolute Gasteiger partial charge is 0.506 e. The van der Waals surface area contributed by atoms with Crippen molar-refractivity contribution in [3.8, 4) is 23.3 Å². The maximum Gasteiger partial charge on any atom is 0.255 e. The van der Waals surface area contributed by atoms with Crippen molar-refractivity contribution in [2.24, 2.45) is 0 Å². The fraction of sp³-hybridized carbons (Fsp3) is 0. The number of rotatable bonds is 4. The van der Waals surface area contributed by atoms with Crippen molar-refractivity contribution in [1.82, 2.24) is 0 Å². The zero-order valence-electron chi connectivity index (χ0n) is 13.4. The second-order valence-electron chi connectivity index (χ2n) is 5.39. The lowest BCUT2D eigenvalue weighted by atomic mass is 10.2. The van der Waals surface area contributed by atoms with Crippen LogP contribution in [0.25, 0.3) is 0 Å². The van der Waals surface area contributed by atoms with Crippen LogP contribution in [0.1, 0.15) is 15.9 Å². The van der Waals surface area contributed by atoms with E-state index >= 15 is 0 Å². The molecule has 0 saturated heterocycles. The number of carbonyl (C=O) groups is 1. The molecule has 0 aliphatic carbocycles. The number of phenolic OH excluding ortho intramolecular Hbond substituents is 1. The van der Waals surface area contributed by atoms with E-state index in [0.717, 1.165) is 0 Å². The highest BCUT2D eigenvalue weighted by atomic mass is 35.5. The molecular weight excluding hydrogens is 352 g/mol. The van der Waals surface area contributed by atoms with Crippen molar-refractivity contribution < 1.29 is 14.6 Å². The summed E-state index contributed by atoms with van der Waals surface area (Å²) in [6.07, 6.45) is 0. The molecule has 26 heavy (non-hydrogen) atoms. The van der Waals surface area contributed by atoms with Gasteiger partial charge >= 0.3 is 0 Å². The molecule has 0 aromatic heterocycles. The van der Waals surface area contributed by atoms with Crippen LogP contribution in [-0.4, -0.2) is 11.0 Å². The number of carbonyl (C=O) groups excluding carboxylic acids is 1. The van der Waals surface area contributed by atoms with E-state index in [4.69, 9.17) is 21.6 Å². The first kappa shape index (κ1) is 17.3. The van der Waals surface area contributed by atoms with Gasteiger partial charge in [-0.15, -0.1) is 0 Å². The number of nitrogens with zero attached hydrogens (tertiary/aromatic N) is 1. The monoisotopic (exact) mass is 364 g/mol. The Morgan fingerprint density at radius 1 is 1.04 bits per heavy atom. The topological polar surface area (TPSA) is 82.3 Å². The number of benzene rings is 3. The lowest BCUT2D eigenvalue weighted by molar-refractivity contribution is 0.102. The maximum atomic E-state index is 12.4. The summed E-state index contributed by atoms with van der Waals surface area (Å²) in [7, 11) is 0. The highest BCUT2D eigenvalue weighted by molar-refractivity contribution is 6.32. The lowest BCUT2D eigenvalue weighted by Crippen LogP contribution is -2.11. The summed E-state index contributed by atoms with van der Waals surface area (Å²) in [6, 6.07) is 19.8. The van der Waals surface area contributed by atoms with Crippen LogP contribution in [0.5, 0.6) is 17.2 Å². The van der Waals surface area contributed by atoms with Crippen molar-refractivity contribution in [3.63, 3.8) is 0 Å². The zero-order valence-corrected chi connectivity index (χ0v) is 14.2. The molecule has 3 aromatic rings. The second kappa shape index (κ2) is 7.60. The van der Waals surface area contributed by atoms with Gasteiger partial charge in [0, 0.05) is 11.3 Å². The Hall–Kier alpha value is -3.49. The van der Waals surface area contributed by atoms with Gasteiger partial charge in [-0.2, -0.15) is 5.26 Å². The molecule has 3 aromatic carbocycles. The van der Waals surface area contributed by atoms with Crippen LogP contribution >= 0.6 is 11.6 Å². The number of halogens is 1. The maximum absolute atomic E-state index is 12.4. The van der Waals surface area contributed by atoms with Crippen molar-refractivity contribution in [2.75, 3.05) is 5.32 Å². The summed E-state index contributed by atoms with van der Waals surface area (Å²) in [4.78, 5) is 12.4. The number of hydrogen-bond acceptors (Lipinski definition) is 4. The molecule has 0 radical (unpaired) electrons. The van der Waals surface area contributed by atoms with E-state index in [-0.39, 0.29) is 16.7 Å². The molecule has 1 amide bonds. The molecule has 0 bridgehead atoms. The summed E-state index contributed by atoms with van der Waals surface area (Å²) in [5.41, 5.74) is 1.41. The minimum Gasteiger partial charge on any atom is -0.506 e. The van der Waals surface area contributed by atoms with E-state index < -0.39 is 0 Å². The molecule has 3 rings (SSSR count). The number of amides is 1. The van der Waals surface area contributed by atoms with Crippen LogP contribution in [0.2, 0.25) is 5.02 Å². The summed E-state index contributed by atoms with van der Waals surface area (Å²) in [6.45, 7) is 0. The molecule has 0 aliphatic heterocycles. The molecule has 2 N–H and O–H groups in total. The van der Waals surface area contributed by atoms with Gasteiger partial charge in [0.25, 0.3) is 5.91 Å². The lowest BCUT2D eigenvalue weighted by Gasteiger charge is -2.09. The number of ether oxygens (including phenoxy) is 1. The zero-order chi connectivity index (χ0) is 18.5. The van der Waals surface area contributed by atoms with Crippen molar-refractivity contribution in [3.05, 3.63) is 82.9 Å². The van der Waals surface area contributed by atoms with Crippen LogP contribution in [0.3, 0.4) is 0 Å². The van der Waals surface area contributed by atoms with E-state index in [1.165, 1.54) is 12.1 Å². The minimum atomic E-state index is -0.336. The predicted octanol–water partition coefficient (Wildman–Crippen LogP) is 4.96. The third-order valence-electron chi connectivity index (χ3n) is 3.52. The third-order valence-corrected chi connectivity index (χ3v) is 3.82. The van der Waals surface area contributed by atoms with E-state index in [9.17, 15) is 9.90 Å². The van der Waals surface area contributed by atoms with Gasteiger partial charge < -0.3 is 15.2 Å². The minimum absolute atomic E-state index is 0.0533. The molecule has 0 heterocycles. The van der Waals surface area contributed by atoms with Gasteiger partial charge in [0.05, 0.1) is 16.7 Å². The third kappa shape index (κ3) is 4.12. The van der Waals surface area contributed by atoms with Crippen LogP contribution in [-0.2, 0) is 0 Å². The SMILES string of the molecule is N#Cc1ccc(Oc2cccc(C(=O)Nc3ccc(O)c(Cl)c3)c2)cc1. The Morgan fingerprint density at radius 2 is 1.81 bits per heavy atom. The van der Waals surface area contributed by atoms with E-state index in [2.05, 4.69) is 5.32 Å². The van der Waals surface area contributed by atoms with E-state index in [1.54, 1.807) is 54.6 Å². The molecule has 0 spiro atoms. The molecule has 0 unspecified atom stereocenters. The summed E-state index contributed by atoms with van der Waals surface area (Å²) in [5.74, 6) is 0.664. The van der Waals surface area contributed by atoms with Crippen LogP contribution < -0.4 is 10.1 Å². The highest BCUT2D eigenvalue weighted by Gasteiger charge is 2.09. The molecule has 0 fully saturated rings. The van der Waals surface area contributed by atoms with Crippen molar-refractivity contribution in [2.45, 2.75) is 0 Å². The Morgan fingerprint density at radius 3 is 2.50 bits per heavy atom. The molecule has 128 valence electrons. The number of hydrogen-bond donors (Lipinski definition) is 2. The molecule has 5 nitrogen and oxygen atoms in total. The Balaban J connectivity index is 1.74. The average molecular weight is 365 g/mol.